The highest BCUT2D eigenvalue weighted by molar-refractivity contribution is 5.81. The molecule has 0 saturated carbocycles. The van der Waals surface area contributed by atoms with Gasteiger partial charge in [-0.25, -0.2) is 0 Å². The van der Waals surface area contributed by atoms with Crippen molar-refractivity contribution in [1.82, 2.24) is 0 Å². The van der Waals surface area contributed by atoms with Gasteiger partial charge in [0.2, 0.25) is 0 Å². The van der Waals surface area contributed by atoms with Crippen molar-refractivity contribution in [2.75, 3.05) is 0 Å². The number of alkyl halides is 3. The molecule has 14 heavy (non-hydrogen) atoms. The summed E-state index contributed by atoms with van der Waals surface area (Å²) in [5, 5.41) is 0. The Morgan fingerprint density at radius 3 is 2.21 bits per heavy atom. The summed E-state index contributed by atoms with van der Waals surface area (Å²) in [6.07, 6.45) is -2.79. The molecule has 0 aliphatic heterocycles. The Morgan fingerprint density at radius 2 is 1.86 bits per heavy atom. The van der Waals surface area contributed by atoms with Gasteiger partial charge in [0.25, 0.3) is 0 Å². The fourth-order valence-corrected chi connectivity index (χ4v) is 1.39. The van der Waals surface area contributed by atoms with E-state index < -0.39 is 24.3 Å². The van der Waals surface area contributed by atoms with Crippen LogP contribution < -0.4 is 0 Å². The summed E-state index contributed by atoms with van der Waals surface area (Å²) in [5.74, 6) is -1.06. The third-order valence-electron chi connectivity index (χ3n) is 2.23. The van der Waals surface area contributed by atoms with Crippen molar-refractivity contribution < 1.29 is 18.0 Å². The lowest BCUT2D eigenvalue weighted by Crippen LogP contribution is -2.21. The predicted octanol–water partition coefficient (Wildman–Crippen LogP) is 3.72. The molecule has 1 unspecified atom stereocenters. The maximum atomic E-state index is 11.9. The maximum Gasteiger partial charge on any atom is 0.395 e. The maximum absolute atomic E-state index is 11.9. The minimum atomic E-state index is -4.35. The highest BCUT2D eigenvalue weighted by Crippen LogP contribution is 2.24. The van der Waals surface area contributed by atoms with Gasteiger partial charge < -0.3 is 0 Å². The number of hydrogen-bond donors (Lipinski definition) is 0. The highest BCUT2D eigenvalue weighted by atomic mass is 19.4. The number of carbonyl (C=O) groups is 1. The summed E-state index contributed by atoms with van der Waals surface area (Å²) in [4.78, 5) is 11.2. The Kier molecular flexibility index (Phi) is 5.81. The minimum absolute atomic E-state index is 0.406. The van der Waals surface area contributed by atoms with Crippen molar-refractivity contribution in [3.05, 3.63) is 0 Å². The van der Waals surface area contributed by atoms with Crippen LogP contribution in [0.3, 0.4) is 0 Å². The van der Waals surface area contributed by atoms with Crippen LogP contribution in [0.1, 0.15) is 46.0 Å². The first-order valence-corrected chi connectivity index (χ1v) is 5.00. The molecule has 0 radical (unpaired) electrons. The average molecular weight is 210 g/mol. The monoisotopic (exact) mass is 210 g/mol. The Balaban J connectivity index is 4.04. The number of halogens is 3. The zero-order valence-electron chi connectivity index (χ0n) is 8.66. The van der Waals surface area contributed by atoms with Gasteiger partial charge in [-0.05, 0) is 12.8 Å². The Labute approximate surface area is 82.7 Å². The fraction of sp³-hybridized carbons (Fsp3) is 0.900. The first-order chi connectivity index (χ1) is 6.40. The average Bonchev–Trinajstić information content (AvgIpc) is 2.02. The largest absolute Gasteiger partial charge is 0.395 e. The van der Waals surface area contributed by atoms with Gasteiger partial charge in [0.1, 0.15) is 12.2 Å². The summed E-state index contributed by atoms with van der Waals surface area (Å²) >= 11 is 0. The van der Waals surface area contributed by atoms with Crippen LogP contribution in [0.4, 0.5) is 13.2 Å². The molecule has 0 heterocycles. The second-order valence-electron chi connectivity index (χ2n) is 3.51. The third kappa shape index (κ3) is 6.00. The highest BCUT2D eigenvalue weighted by Gasteiger charge is 2.33. The van der Waals surface area contributed by atoms with Crippen molar-refractivity contribution in [2.45, 2.75) is 52.1 Å². The van der Waals surface area contributed by atoms with Crippen LogP contribution in [0.2, 0.25) is 0 Å². The lowest BCUT2D eigenvalue weighted by molar-refractivity contribution is -0.155. The number of Topliss-reactive ketones (excluding diaryl/α,β-unsaturated/α-hetero) is 1. The van der Waals surface area contributed by atoms with Crippen molar-refractivity contribution in [1.29, 1.82) is 0 Å². The molecule has 0 fully saturated rings. The number of rotatable bonds is 6. The van der Waals surface area contributed by atoms with Gasteiger partial charge in [0.05, 0.1) is 0 Å². The number of unbranched alkanes of at least 4 members (excludes halogenated alkanes) is 1. The Morgan fingerprint density at radius 1 is 1.29 bits per heavy atom. The van der Waals surface area contributed by atoms with Crippen LogP contribution in [0.15, 0.2) is 0 Å². The van der Waals surface area contributed by atoms with Crippen molar-refractivity contribution in [3.8, 4) is 0 Å². The predicted molar refractivity (Wildman–Crippen MR) is 49.0 cm³/mol. The van der Waals surface area contributed by atoms with Crippen molar-refractivity contribution in [2.24, 2.45) is 5.92 Å². The van der Waals surface area contributed by atoms with E-state index in [1.165, 1.54) is 0 Å². The van der Waals surface area contributed by atoms with E-state index in [2.05, 4.69) is 0 Å². The molecule has 0 saturated heterocycles. The van der Waals surface area contributed by atoms with Gasteiger partial charge in [-0.15, -0.1) is 0 Å². The standard InChI is InChI=1S/C10H17F3O/c1-3-5-6-8(4-2)9(14)7-10(11,12)13/h8H,3-7H2,1-2H3. The molecule has 0 bridgehead atoms. The molecule has 84 valence electrons. The zero-order chi connectivity index (χ0) is 11.2. The van der Waals surface area contributed by atoms with Crippen LogP contribution in [0, 0.1) is 5.92 Å². The van der Waals surface area contributed by atoms with Gasteiger partial charge >= 0.3 is 6.18 Å². The Hall–Kier alpha value is -0.540. The summed E-state index contributed by atoms with van der Waals surface area (Å²) < 4.78 is 35.7. The normalized spacial score (nSPS) is 14.1. The molecule has 0 N–H and O–H groups in total. The summed E-state index contributed by atoms with van der Waals surface area (Å²) in [7, 11) is 0. The van der Waals surface area contributed by atoms with Crippen LogP contribution in [-0.2, 0) is 4.79 Å². The van der Waals surface area contributed by atoms with Gasteiger partial charge in [0, 0.05) is 5.92 Å². The molecule has 0 aliphatic carbocycles. The lowest BCUT2D eigenvalue weighted by atomic mass is 9.93. The molecule has 0 spiro atoms. The van der Waals surface area contributed by atoms with Crippen molar-refractivity contribution >= 4 is 5.78 Å². The van der Waals surface area contributed by atoms with E-state index in [0.29, 0.717) is 12.8 Å². The summed E-state index contributed by atoms with van der Waals surface area (Å²) in [5.41, 5.74) is 0. The summed E-state index contributed by atoms with van der Waals surface area (Å²) in [6, 6.07) is 0. The molecule has 0 aliphatic rings. The molecule has 1 atom stereocenters. The van der Waals surface area contributed by atoms with E-state index in [1.54, 1.807) is 6.92 Å². The van der Waals surface area contributed by atoms with Crippen LogP contribution in [0.5, 0.6) is 0 Å². The molecule has 0 aromatic rings. The van der Waals surface area contributed by atoms with Crippen LogP contribution in [-0.4, -0.2) is 12.0 Å². The first kappa shape index (κ1) is 13.5. The second kappa shape index (κ2) is 6.04. The first-order valence-electron chi connectivity index (χ1n) is 5.00. The number of hydrogen-bond acceptors (Lipinski definition) is 1. The van der Waals surface area contributed by atoms with Gasteiger partial charge in [-0.3, -0.25) is 4.79 Å². The minimum Gasteiger partial charge on any atom is -0.299 e. The molecule has 0 amide bonds. The van der Waals surface area contributed by atoms with E-state index in [1.807, 2.05) is 6.92 Å². The molecule has 0 aromatic heterocycles. The van der Waals surface area contributed by atoms with Crippen LogP contribution in [0.25, 0.3) is 0 Å². The third-order valence-corrected chi connectivity index (χ3v) is 2.23. The van der Waals surface area contributed by atoms with Crippen molar-refractivity contribution in [3.63, 3.8) is 0 Å². The van der Waals surface area contributed by atoms with Gasteiger partial charge in [-0.2, -0.15) is 13.2 Å². The zero-order valence-corrected chi connectivity index (χ0v) is 8.66. The second-order valence-corrected chi connectivity index (χ2v) is 3.51. The smallest absolute Gasteiger partial charge is 0.299 e. The summed E-state index contributed by atoms with van der Waals surface area (Å²) in [6.45, 7) is 3.72. The van der Waals surface area contributed by atoms with E-state index in [9.17, 15) is 18.0 Å². The quantitative estimate of drug-likeness (QED) is 0.653. The number of carbonyl (C=O) groups excluding carboxylic acids is 1. The van der Waals surface area contributed by atoms with Gasteiger partial charge in [-0.1, -0.05) is 26.7 Å². The fourth-order valence-electron chi connectivity index (χ4n) is 1.39. The molecule has 1 nitrogen and oxygen atoms in total. The lowest BCUT2D eigenvalue weighted by Gasteiger charge is -2.14. The van der Waals surface area contributed by atoms with Crippen LogP contribution >= 0.6 is 0 Å². The van der Waals surface area contributed by atoms with E-state index in [4.69, 9.17) is 0 Å². The SMILES string of the molecule is CCCCC(CC)C(=O)CC(F)(F)F. The number of ketones is 1. The van der Waals surface area contributed by atoms with E-state index in [0.717, 1.165) is 12.8 Å². The molecule has 0 rings (SSSR count). The molecular weight excluding hydrogens is 193 g/mol. The molecule has 4 heteroatoms. The molecule has 0 aromatic carbocycles. The topological polar surface area (TPSA) is 17.1 Å². The molecular formula is C10H17F3O. The van der Waals surface area contributed by atoms with E-state index >= 15 is 0 Å². The van der Waals surface area contributed by atoms with E-state index in [-0.39, 0.29) is 0 Å². The van der Waals surface area contributed by atoms with Gasteiger partial charge in [0.15, 0.2) is 0 Å². The Bertz CT molecular complexity index is 175.